The molecule has 0 aromatic carbocycles. The monoisotopic (exact) mass is 582 g/mol. The molecule has 8 heteroatoms. The van der Waals surface area contributed by atoms with Crippen molar-refractivity contribution in [1.82, 2.24) is 9.80 Å². The van der Waals surface area contributed by atoms with Crippen molar-refractivity contribution in [2.75, 3.05) is 19.6 Å². The third kappa shape index (κ3) is 23.2. The molecule has 1 atom stereocenters. The molecule has 0 aliphatic carbocycles. The summed E-state index contributed by atoms with van der Waals surface area (Å²) in [7, 11) is 0. The van der Waals surface area contributed by atoms with Crippen molar-refractivity contribution in [3.63, 3.8) is 0 Å². The fourth-order valence-corrected chi connectivity index (χ4v) is 5.25. The van der Waals surface area contributed by atoms with Crippen LogP contribution in [0.2, 0.25) is 0 Å². The number of rotatable bonds is 29. The summed E-state index contributed by atoms with van der Waals surface area (Å²) in [5.74, 6) is -2.12. The number of carboxylic acids is 2. The van der Waals surface area contributed by atoms with Gasteiger partial charge in [0.2, 0.25) is 11.8 Å². The molecule has 0 saturated carbocycles. The van der Waals surface area contributed by atoms with E-state index in [9.17, 15) is 29.4 Å². The van der Waals surface area contributed by atoms with Crippen LogP contribution in [-0.4, -0.2) is 69.4 Å². The summed E-state index contributed by atoms with van der Waals surface area (Å²) in [5.41, 5.74) is 0. The minimum atomic E-state index is -0.970. The van der Waals surface area contributed by atoms with E-state index in [1.54, 1.807) is 9.80 Å². The van der Waals surface area contributed by atoms with E-state index in [4.69, 9.17) is 0 Å². The van der Waals surface area contributed by atoms with Crippen molar-refractivity contribution in [2.24, 2.45) is 0 Å². The van der Waals surface area contributed by atoms with E-state index in [0.29, 0.717) is 12.8 Å². The van der Waals surface area contributed by atoms with Crippen LogP contribution in [-0.2, 0) is 19.2 Å². The average Bonchev–Trinajstić information content (AvgIpc) is 2.93. The largest absolute Gasteiger partial charge is 0.481 e. The van der Waals surface area contributed by atoms with Gasteiger partial charge in [-0.3, -0.25) is 19.2 Å². The van der Waals surface area contributed by atoms with Gasteiger partial charge < -0.3 is 20.0 Å². The van der Waals surface area contributed by atoms with Crippen molar-refractivity contribution in [3.05, 3.63) is 0 Å². The minimum absolute atomic E-state index is 0.0893. The zero-order valence-corrected chi connectivity index (χ0v) is 26.7. The molecule has 1 unspecified atom stereocenters. The number of nitrogens with zero attached hydrogens (tertiary/aromatic N) is 2. The number of carboxylic acid groups (broad SMARTS) is 2. The summed E-state index contributed by atoms with van der Waals surface area (Å²) in [4.78, 5) is 51.8. The first-order chi connectivity index (χ1) is 19.7. The van der Waals surface area contributed by atoms with Crippen LogP contribution in [0.4, 0.5) is 0 Å². The maximum atomic E-state index is 13.1. The first-order valence-corrected chi connectivity index (χ1v) is 16.7. The van der Waals surface area contributed by atoms with Crippen LogP contribution in [0, 0.1) is 0 Å². The van der Waals surface area contributed by atoms with Crippen LogP contribution in [0.1, 0.15) is 162 Å². The normalized spacial score (nSPS) is 11.8. The summed E-state index contributed by atoms with van der Waals surface area (Å²) in [6.45, 7) is 6.65. The van der Waals surface area contributed by atoms with E-state index in [-0.39, 0.29) is 50.3 Å². The molecule has 0 aliphatic heterocycles. The van der Waals surface area contributed by atoms with Gasteiger partial charge in [-0.2, -0.15) is 0 Å². The summed E-state index contributed by atoms with van der Waals surface area (Å²) in [5, 5.41) is 18.5. The van der Waals surface area contributed by atoms with E-state index in [2.05, 4.69) is 13.8 Å². The molecule has 41 heavy (non-hydrogen) atoms. The molecule has 0 saturated heterocycles. The molecule has 0 heterocycles. The Bertz CT molecular complexity index is 699. The topological polar surface area (TPSA) is 115 Å². The lowest BCUT2D eigenvalue weighted by Crippen LogP contribution is -2.48. The van der Waals surface area contributed by atoms with Crippen molar-refractivity contribution >= 4 is 23.8 Å². The molecule has 0 aromatic heterocycles. The highest BCUT2D eigenvalue weighted by Gasteiger charge is 2.25. The molecule has 8 nitrogen and oxygen atoms in total. The number of unbranched alkanes of at least 4 members (excludes halogenated alkanes) is 16. The Morgan fingerprint density at radius 2 is 0.878 bits per heavy atom. The number of carbonyl (C=O) groups is 4. The van der Waals surface area contributed by atoms with E-state index in [0.717, 1.165) is 38.5 Å². The van der Waals surface area contributed by atoms with Crippen molar-refractivity contribution in [3.8, 4) is 0 Å². The molecule has 0 aromatic rings. The summed E-state index contributed by atoms with van der Waals surface area (Å²) < 4.78 is 0. The minimum Gasteiger partial charge on any atom is -0.481 e. The van der Waals surface area contributed by atoms with Gasteiger partial charge in [-0.25, -0.2) is 0 Å². The van der Waals surface area contributed by atoms with Gasteiger partial charge in [0.1, 0.15) is 0 Å². The molecule has 240 valence electrons. The Kier molecular flexibility index (Phi) is 25.4. The Labute approximate surface area is 250 Å². The summed E-state index contributed by atoms with van der Waals surface area (Å²) >= 11 is 0. The molecular formula is C33H62N2O6. The van der Waals surface area contributed by atoms with Crippen LogP contribution in [0.5, 0.6) is 0 Å². The Morgan fingerprint density at radius 3 is 1.29 bits per heavy atom. The second kappa shape index (κ2) is 26.8. The third-order valence-electron chi connectivity index (χ3n) is 7.84. The van der Waals surface area contributed by atoms with Crippen LogP contribution < -0.4 is 0 Å². The van der Waals surface area contributed by atoms with Gasteiger partial charge in [0.15, 0.2) is 0 Å². The molecule has 0 rings (SSSR count). The molecule has 0 aliphatic rings. The number of hydrogen-bond donors (Lipinski definition) is 2. The average molecular weight is 583 g/mol. The standard InChI is InChI=1S/C33H62N2O6/c1-4-6-8-10-12-14-16-18-20-22-30(36)34(26-24-32(38)39)28-29(3)35(27-25-33(40)41)31(37)23-21-19-17-15-13-11-9-7-5-2/h29H,4-28H2,1-3H3,(H,38,39)(H,40,41). The smallest absolute Gasteiger partial charge is 0.305 e. The van der Waals surface area contributed by atoms with Gasteiger partial charge in [-0.15, -0.1) is 0 Å². The van der Waals surface area contributed by atoms with Gasteiger partial charge in [-0.1, -0.05) is 117 Å². The Morgan fingerprint density at radius 1 is 0.512 bits per heavy atom. The molecule has 2 N–H and O–H groups in total. The van der Waals surface area contributed by atoms with Gasteiger partial charge in [0, 0.05) is 38.5 Å². The van der Waals surface area contributed by atoms with Crippen molar-refractivity contribution in [2.45, 2.75) is 168 Å². The fraction of sp³-hybridized carbons (Fsp3) is 0.879. The molecular weight excluding hydrogens is 520 g/mol. The van der Waals surface area contributed by atoms with Gasteiger partial charge in [-0.05, 0) is 19.8 Å². The molecule has 0 fully saturated rings. The highest BCUT2D eigenvalue weighted by atomic mass is 16.4. The van der Waals surface area contributed by atoms with Crippen LogP contribution >= 0.6 is 0 Å². The van der Waals surface area contributed by atoms with Crippen molar-refractivity contribution < 1.29 is 29.4 Å². The maximum absolute atomic E-state index is 13.1. The number of amides is 2. The predicted molar refractivity (Wildman–Crippen MR) is 166 cm³/mol. The van der Waals surface area contributed by atoms with Crippen LogP contribution in [0.15, 0.2) is 0 Å². The molecule has 0 bridgehead atoms. The zero-order chi connectivity index (χ0) is 30.7. The highest BCUT2D eigenvalue weighted by Crippen LogP contribution is 2.15. The summed E-state index contributed by atoms with van der Waals surface area (Å²) in [6.07, 6.45) is 21.1. The fourth-order valence-electron chi connectivity index (χ4n) is 5.25. The third-order valence-corrected chi connectivity index (χ3v) is 7.84. The van der Waals surface area contributed by atoms with E-state index in [1.807, 2.05) is 6.92 Å². The summed E-state index contributed by atoms with van der Waals surface area (Å²) in [6, 6.07) is -0.388. The lowest BCUT2D eigenvalue weighted by atomic mass is 10.1. The van der Waals surface area contributed by atoms with Gasteiger partial charge in [0.05, 0.1) is 12.8 Å². The van der Waals surface area contributed by atoms with Crippen LogP contribution in [0.3, 0.4) is 0 Å². The number of carbonyl (C=O) groups excluding carboxylic acids is 2. The Hall–Kier alpha value is -2.12. The number of hydrogen-bond acceptors (Lipinski definition) is 4. The first-order valence-electron chi connectivity index (χ1n) is 16.7. The van der Waals surface area contributed by atoms with E-state index in [1.165, 1.54) is 77.0 Å². The molecule has 0 spiro atoms. The second-order valence-corrected chi connectivity index (χ2v) is 11.7. The lowest BCUT2D eigenvalue weighted by Gasteiger charge is -2.33. The first kappa shape index (κ1) is 38.9. The van der Waals surface area contributed by atoms with Crippen LogP contribution in [0.25, 0.3) is 0 Å². The Balaban J connectivity index is 4.81. The van der Waals surface area contributed by atoms with E-state index >= 15 is 0 Å². The van der Waals surface area contributed by atoms with Crippen molar-refractivity contribution in [1.29, 1.82) is 0 Å². The zero-order valence-electron chi connectivity index (χ0n) is 26.7. The number of aliphatic carboxylic acids is 2. The quantitative estimate of drug-likeness (QED) is 0.0869. The molecule has 2 amide bonds. The maximum Gasteiger partial charge on any atom is 0.305 e. The predicted octanol–water partition coefficient (Wildman–Crippen LogP) is 7.82. The SMILES string of the molecule is CCCCCCCCCCCC(=O)N(CCC(=O)O)CC(C)N(CCC(=O)O)C(=O)CCCCCCCCCCC. The highest BCUT2D eigenvalue weighted by molar-refractivity contribution is 5.78. The van der Waals surface area contributed by atoms with Gasteiger partial charge >= 0.3 is 11.9 Å². The second-order valence-electron chi connectivity index (χ2n) is 11.7. The molecule has 0 radical (unpaired) electrons. The van der Waals surface area contributed by atoms with E-state index < -0.39 is 11.9 Å². The lowest BCUT2D eigenvalue weighted by molar-refractivity contribution is -0.143. The van der Waals surface area contributed by atoms with Gasteiger partial charge in [0.25, 0.3) is 0 Å².